The van der Waals surface area contributed by atoms with Crippen molar-refractivity contribution in [2.75, 3.05) is 6.54 Å². The molecule has 3 nitrogen and oxygen atoms in total. The van der Waals surface area contributed by atoms with Crippen molar-refractivity contribution in [1.29, 1.82) is 0 Å². The number of hydrogen-bond donors (Lipinski definition) is 1. The Morgan fingerprint density at radius 1 is 1.44 bits per heavy atom. The van der Waals surface area contributed by atoms with Gasteiger partial charge in [-0.1, -0.05) is 13.3 Å². The topological polar surface area (TPSA) is 40.5 Å². The van der Waals surface area contributed by atoms with Gasteiger partial charge >= 0.3 is 5.97 Å². The van der Waals surface area contributed by atoms with Crippen LogP contribution in [-0.4, -0.2) is 34.6 Å². The molecule has 1 aliphatic carbocycles. The van der Waals surface area contributed by atoms with E-state index < -0.39 is 5.97 Å². The lowest BCUT2D eigenvalue weighted by molar-refractivity contribution is -0.137. The lowest BCUT2D eigenvalue weighted by Crippen LogP contribution is -2.40. The van der Waals surface area contributed by atoms with E-state index in [-0.39, 0.29) is 6.42 Å². The van der Waals surface area contributed by atoms with Gasteiger partial charge < -0.3 is 5.11 Å². The van der Waals surface area contributed by atoms with Gasteiger partial charge in [-0.15, -0.1) is 0 Å². The summed E-state index contributed by atoms with van der Waals surface area (Å²) in [4.78, 5) is 13.0. The summed E-state index contributed by atoms with van der Waals surface area (Å²) < 4.78 is 0. The highest BCUT2D eigenvalue weighted by atomic mass is 16.4. The van der Waals surface area contributed by atoms with E-state index in [1.165, 1.54) is 25.7 Å². The van der Waals surface area contributed by atoms with Crippen LogP contribution in [0.3, 0.4) is 0 Å². The van der Waals surface area contributed by atoms with Gasteiger partial charge in [0.25, 0.3) is 0 Å². The van der Waals surface area contributed by atoms with Gasteiger partial charge in [0.05, 0.1) is 6.42 Å². The Hall–Kier alpha value is -0.570. The Kier molecular flexibility index (Phi) is 5.26. The quantitative estimate of drug-likeness (QED) is 0.758. The molecule has 0 amide bonds. The summed E-state index contributed by atoms with van der Waals surface area (Å²) in [5.74, 6) is 0.173. The third kappa shape index (κ3) is 3.78. The molecule has 2 atom stereocenters. The molecule has 0 spiro atoms. The second-order valence-electron chi connectivity index (χ2n) is 5.22. The molecule has 1 N–H and O–H groups in total. The number of carboxylic acid groups (broad SMARTS) is 1. The second-order valence-corrected chi connectivity index (χ2v) is 5.22. The van der Waals surface area contributed by atoms with Crippen LogP contribution in [-0.2, 0) is 4.79 Å². The molecule has 0 saturated heterocycles. The average molecular weight is 227 g/mol. The smallest absolute Gasteiger partial charge is 0.304 e. The third-order valence-electron chi connectivity index (χ3n) is 3.81. The first-order valence-corrected chi connectivity index (χ1v) is 6.52. The minimum atomic E-state index is -0.685. The van der Waals surface area contributed by atoms with Gasteiger partial charge in [-0.2, -0.15) is 0 Å². The zero-order valence-electron chi connectivity index (χ0n) is 10.8. The Labute approximate surface area is 98.8 Å². The predicted octanol–water partition coefficient (Wildman–Crippen LogP) is 2.75. The van der Waals surface area contributed by atoms with E-state index in [4.69, 9.17) is 5.11 Å². The Balaban J connectivity index is 2.47. The predicted molar refractivity (Wildman–Crippen MR) is 65.5 cm³/mol. The van der Waals surface area contributed by atoms with E-state index in [1.54, 1.807) is 0 Å². The summed E-state index contributed by atoms with van der Waals surface area (Å²) in [5.41, 5.74) is 0. The summed E-state index contributed by atoms with van der Waals surface area (Å²) in [6.07, 6.45) is 5.36. The Morgan fingerprint density at radius 2 is 2.12 bits per heavy atom. The van der Waals surface area contributed by atoms with Crippen LogP contribution in [0.15, 0.2) is 0 Å². The fourth-order valence-electron chi connectivity index (χ4n) is 2.81. The van der Waals surface area contributed by atoms with Crippen LogP contribution in [0.2, 0.25) is 0 Å². The fourth-order valence-corrected chi connectivity index (χ4v) is 2.81. The first kappa shape index (κ1) is 13.5. The maximum atomic E-state index is 10.6. The van der Waals surface area contributed by atoms with Crippen LogP contribution in [0.4, 0.5) is 0 Å². The molecule has 2 unspecified atom stereocenters. The number of rotatable bonds is 6. The number of carbonyl (C=O) groups is 1. The van der Waals surface area contributed by atoms with Crippen molar-refractivity contribution >= 4 is 5.97 Å². The van der Waals surface area contributed by atoms with Gasteiger partial charge in [0.1, 0.15) is 0 Å². The van der Waals surface area contributed by atoms with E-state index in [9.17, 15) is 4.79 Å². The highest BCUT2D eigenvalue weighted by Crippen LogP contribution is 2.32. The molecule has 1 aliphatic rings. The molecule has 1 fully saturated rings. The Morgan fingerprint density at radius 3 is 2.56 bits per heavy atom. The number of carboxylic acids is 1. The molecule has 0 aromatic rings. The number of aliphatic carboxylic acids is 1. The van der Waals surface area contributed by atoms with Crippen molar-refractivity contribution in [3.05, 3.63) is 0 Å². The van der Waals surface area contributed by atoms with Gasteiger partial charge in [0.2, 0.25) is 0 Å². The molecular formula is C13H25NO2. The van der Waals surface area contributed by atoms with Crippen molar-refractivity contribution in [2.24, 2.45) is 5.92 Å². The summed E-state index contributed by atoms with van der Waals surface area (Å²) in [7, 11) is 0. The van der Waals surface area contributed by atoms with E-state index in [0.29, 0.717) is 18.6 Å². The van der Waals surface area contributed by atoms with Gasteiger partial charge in [-0.3, -0.25) is 9.69 Å². The van der Waals surface area contributed by atoms with E-state index >= 15 is 0 Å². The summed E-state index contributed by atoms with van der Waals surface area (Å²) in [6, 6.07) is 1.07. The average Bonchev–Trinajstić information content (AvgIpc) is 2.65. The molecular weight excluding hydrogens is 202 g/mol. The lowest BCUT2D eigenvalue weighted by Gasteiger charge is -2.32. The van der Waals surface area contributed by atoms with Crippen LogP contribution in [0.1, 0.15) is 52.9 Å². The minimum Gasteiger partial charge on any atom is -0.481 e. The van der Waals surface area contributed by atoms with Crippen molar-refractivity contribution < 1.29 is 9.90 Å². The molecule has 1 saturated carbocycles. The van der Waals surface area contributed by atoms with Crippen molar-refractivity contribution in [2.45, 2.75) is 65.0 Å². The molecule has 0 aromatic heterocycles. The summed E-state index contributed by atoms with van der Waals surface area (Å²) in [6.45, 7) is 7.29. The van der Waals surface area contributed by atoms with Gasteiger partial charge in [0.15, 0.2) is 0 Å². The van der Waals surface area contributed by atoms with Gasteiger partial charge in [-0.05, 0) is 39.0 Å². The highest BCUT2D eigenvalue weighted by molar-refractivity contribution is 5.66. The number of nitrogens with zero attached hydrogens (tertiary/aromatic N) is 1. The molecule has 0 radical (unpaired) electrons. The maximum absolute atomic E-state index is 10.6. The minimum absolute atomic E-state index is 0.269. The lowest BCUT2D eigenvalue weighted by atomic mass is 10.0. The number of hydrogen-bond acceptors (Lipinski definition) is 2. The van der Waals surface area contributed by atoms with Crippen LogP contribution in [0.25, 0.3) is 0 Å². The molecule has 0 bridgehead atoms. The summed E-state index contributed by atoms with van der Waals surface area (Å²) >= 11 is 0. The van der Waals surface area contributed by atoms with E-state index in [1.807, 2.05) is 0 Å². The second kappa shape index (κ2) is 6.24. The molecule has 16 heavy (non-hydrogen) atoms. The monoisotopic (exact) mass is 227 g/mol. The van der Waals surface area contributed by atoms with Crippen LogP contribution < -0.4 is 0 Å². The van der Waals surface area contributed by atoms with E-state index in [2.05, 4.69) is 25.7 Å². The molecule has 1 rings (SSSR count). The molecule has 94 valence electrons. The normalized spacial score (nSPS) is 25.6. The van der Waals surface area contributed by atoms with E-state index in [0.717, 1.165) is 5.92 Å². The van der Waals surface area contributed by atoms with Crippen LogP contribution in [0.5, 0.6) is 0 Å². The van der Waals surface area contributed by atoms with Crippen molar-refractivity contribution in [1.82, 2.24) is 4.90 Å². The SMILES string of the molecule is CCC1CCC(N(CCC(=O)O)C(C)C)C1. The molecule has 0 aliphatic heterocycles. The zero-order valence-corrected chi connectivity index (χ0v) is 10.8. The fraction of sp³-hybridized carbons (Fsp3) is 0.923. The molecule has 3 heteroatoms. The Bertz CT molecular complexity index is 228. The maximum Gasteiger partial charge on any atom is 0.304 e. The van der Waals surface area contributed by atoms with Crippen molar-refractivity contribution in [3.63, 3.8) is 0 Å². The summed E-state index contributed by atoms with van der Waals surface area (Å²) in [5, 5.41) is 8.76. The molecule has 0 aromatic carbocycles. The first-order chi connectivity index (χ1) is 7.54. The largest absolute Gasteiger partial charge is 0.481 e. The van der Waals surface area contributed by atoms with Crippen LogP contribution in [0, 0.1) is 5.92 Å². The molecule has 0 heterocycles. The zero-order chi connectivity index (χ0) is 12.1. The highest BCUT2D eigenvalue weighted by Gasteiger charge is 2.29. The standard InChI is InChI=1S/C13H25NO2/c1-4-11-5-6-12(9-11)14(10(2)3)8-7-13(15)16/h10-12H,4-9H2,1-3H3,(H,15,16). The van der Waals surface area contributed by atoms with Crippen LogP contribution >= 0.6 is 0 Å². The van der Waals surface area contributed by atoms with Crippen molar-refractivity contribution in [3.8, 4) is 0 Å². The first-order valence-electron chi connectivity index (χ1n) is 6.52. The third-order valence-corrected chi connectivity index (χ3v) is 3.81. The van der Waals surface area contributed by atoms with Gasteiger partial charge in [0, 0.05) is 18.6 Å². The van der Waals surface area contributed by atoms with Gasteiger partial charge in [-0.25, -0.2) is 0 Å².